The Kier molecular flexibility index (Phi) is 5.92. The van der Waals surface area contributed by atoms with Gasteiger partial charge in [0.15, 0.2) is 0 Å². The second-order valence-corrected chi connectivity index (χ2v) is 3.53. The van der Waals surface area contributed by atoms with Crippen molar-refractivity contribution in [1.29, 1.82) is 0 Å². The highest BCUT2D eigenvalue weighted by atomic mass is 31.1. The first-order valence-electron chi connectivity index (χ1n) is 3.90. The molecule has 1 N–H and O–H groups in total. The molecule has 0 spiro atoms. The molecular formula is C8H14NO4P. The van der Waals surface area contributed by atoms with Crippen molar-refractivity contribution < 1.29 is 18.8 Å². The van der Waals surface area contributed by atoms with E-state index in [-0.39, 0.29) is 5.91 Å². The molecule has 6 heteroatoms. The predicted octanol–water partition coefficient (Wildman–Crippen LogP) is 0.933. The van der Waals surface area contributed by atoms with Gasteiger partial charge in [0.05, 0.1) is 6.26 Å². The summed E-state index contributed by atoms with van der Waals surface area (Å²) in [5.74, 6) is -0.119. The van der Waals surface area contributed by atoms with Crippen molar-refractivity contribution in [3.8, 4) is 0 Å². The number of hydrogen-bond donors (Lipinski definition) is 1. The molecule has 0 aliphatic heterocycles. The number of rotatable bonds is 4. The molecule has 1 atom stereocenters. The molecule has 1 unspecified atom stereocenters. The molecule has 80 valence electrons. The molecule has 0 aromatic heterocycles. The molecular weight excluding hydrogens is 205 g/mol. The third-order valence-electron chi connectivity index (χ3n) is 1.34. The number of carbonyl (C=O) groups excluding carboxylic acids is 1. The average Bonchev–Trinajstić information content (AvgIpc) is 2.10. The number of likely N-dealkylation sites (N-methyl/N-ethyl adjacent to an activating group) is 1. The first kappa shape index (κ1) is 12.9. The molecule has 0 saturated heterocycles. The fourth-order valence-corrected chi connectivity index (χ4v) is 0.900. The zero-order valence-electron chi connectivity index (χ0n) is 8.35. The Bertz CT molecular complexity index is 283. The largest absolute Gasteiger partial charge is 0.434 e. The average molecular weight is 219 g/mol. The Morgan fingerprint density at radius 3 is 2.50 bits per heavy atom. The van der Waals surface area contributed by atoms with Gasteiger partial charge in [-0.15, -0.1) is 0 Å². The fraction of sp³-hybridized carbons (Fsp3) is 0.375. The number of carbonyl (C=O) groups is 1. The van der Waals surface area contributed by atoms with Crippen LogP contribution in [0.2, 0.25) is 0 Å². The van der Waals surface area contributed by atoms with Crippen LogP contribution in [0.15, 0.2) is 24.0 Å². The maximum atomic E-state index is 11.2. The summed E-state index contributed by atoms with van der Waals surface area (Å²) >= 11 is 0. The summed E-state index contributed by atoms with van der Waals surface area (Å²) in [6, 6.07) is 0. The van der Waals surface area contributed by atoms with Gasteiger partial charge in [-0.1, -0.05) is 6.08 Å². The van der Waals surface area contributed by atoms with E-state index in [2.05, 4.69) is 4.52 Å². The van der Waals surface area contributed by atoms with Crippen LogP contribution in [-0.4, -0.2) is 29.8 Å². The third-order valence-corrected chi connectivity index (χ3v) is 1.67. The van der Waals surface area contributed by atoms with E-state index in [1.807, 2.05) is 0 Å². The minimum Gasteiger partial charge on any atom is -0.434 e. The highest BCUT2D eigenvalue weighted by molar-refractivity contribution is 7.32. The van der Waals surface area contributed by atoms with Gasteiger partial charge in [-0.3, -0.25) is 4.79 Å². The molecule has 0 radical (unpaired) electrons. The van der Waals surface area contributed by atoms with Gasteiger partial charge in [-0.2, -0.15) is 0 Å². The van der Waals surface area contributed by atoms with E-state index in [1.165, 1.54) is 17.1 Å². The topological polar surface area (TPSA) is 66.8 Å². The zero-order chi connectivity index (χ0) is 11.1. The van der Waals surface area contributed by atoms with Crippen molar-refractivity contribution in [3.63, 3.8) is 0 Å². The third kappa shape index (κ3) is 5.56. The molecule has 1 amide bonds. The summed E-state index contributed by atoms with van der Waals surface area (Å²) in [6.07, 6.45) is 3.98. The molecule has 0 heterocycles. The number of allylic oxidation sites excluding steroid dienone is 2. The maximum Gasteiger partial charge on any atom is 0.364 e. The Balaban J connectivity index is 4.18. The lowest BCUT2D eigenvalue weighted by Gasteiger charge is -2.09. The van der Waals surface area contributed by atoms with E-state index >= 15 is 0 Å². The number of hydrogen-bond acceptors (Lipinski definition) is 3. The molecule has 0 aromatic rings. The van der Waals surface area contributed by atoms with Crippen LogP contribution in [0.5, 0.6) is 0 Å². The molecule has 0 saturated carbocycles. The van der Waals surface area contributed by atoms with Crippen LogP contribution in [0.25, 0.3) is 0 Å². The van der Waals surface area contributed by atoms with Gasteiger partial charge in [0, 0.05) is 19.7 Å². The first-order chi connectivity index (χ1) is 6.45. The summed E-state index contributed by atoms with van der Waals surface area (Å²) in [7, 11) is 0.360. The van der Waals surface area contributed by atoms with E-state index in [4.69, 9.17) is 4.89 Å². The van der Waals surface area contributed by atoms with Crippen molar-refractivity contribution in [3.05, 3.63) is 24.0 Å². The second-order valence-electron chi connectivity index (χ2n) is 2.76. The molecule has 0 aliphatic carbocycles. The van der Waals surface area contributed by atoms with Crippen LogP contribution in [0, 0.1) is 0 Å². The van der Waals surface area contributed by atoms with Crippen molar-refractivity contribution in [2.45, 2.75) is 6.92 Å². The number of amides is 1. The van der Waals surface area contributed by atoms with Crippen LogP contribution in [0.3, 0.4) is 0 Å². The highest BCUT2D eigenvalue weighted by Crippen LogP contribution is 2.14. The fourth-order valence-electron chi connectivity index (χ4n) is 0.705. The predicted molar refractivity (Wildman–Crippen MR) is 53.9 cm³/mol. The van der Waals surface area contributed by atoms with E-state index in [0.717, 1.165) is 6.26 Å². The van der Waals surface area contributed by atoms with Crippen LogP contribution >= 0.6 is 8.25 Å². The summed E-state index contributed by atoms with van der Waals surface area (Å²) in [6.45, 7) is 1.65. The van der Waals surface area contributed by atoms with Gasteiger partial charge in [0.25, 0.3) is 0 Å². The molecule has 0 bridgehead atoms. The molecule has 14 heavy (non-hydrogen) atoms. The minimum atomic E-state index is -2.93. The maximum absolute atomic E-state index is 11.2. The van der Waals surface area contributed by atoms with Crippen molar-refractivity contribution in [2.75, 3.05) is 14.1 Å². The SMILES string of the molecule is C/C(=C/C=C/O[PH](=O)O)C(=O)N(C)C. The monoisotopic (exact) mass is 219 g/mol. The lowest BCUT2D eigenvalue weighted by molar-refractivity contribution is -0.124. The lowest BCUT2D eigenvalue weighted by Crippen LogP contribution is -2.22. The van der Waals surface area contributed by atoms with E-state index in [9.17, 15) is 9.36 Å². The minimum absolute atomic E-state index is 0.119. The van der Waals surface area contributed by atoms with Crippen molar-refractivity contribution in [1.82, 2.24) is 4.90 Å². The Morgan fingerprint density at radius 2 is 2.07 bits per heavy atom. The lowest BCUT2D eigenvalue weighted by atomic mass is 10.2. The summed E-state index contributed by atoms with van der Waals surface area (Å²) in [5, 5.41) is 0. The van der Waals surface area contributed by atoms with E-state index in [1.54, 1.807) is 21.0 Å². The highest BCUT2D eigenvalue weighted by Gasteiger charge is 2.03. The normalized spacial score (nSPS) is 14.1. The molecule has 0 rings (SSSR count). The van der Waals surface area contributed by atoms with Gasteiger partial charge in [-0.05, 0) is 13.0 Å². The Labute approximate surface area is 83.6 Å². The quantitative estimate of drug-likeness (QED) is 0.330. The van der Waals surface area contributed by atoms with Gasteiger partial charge in [0.1, 0.15) is 0 Å². The van der Waals surface area contributed by atoms with Crippen LogP contribution in [-0.2, 0) is 13.9 Å². The second kappa shape index (κ2) is 6.40. The molecule has 5 nitrogen and oxygen atoms in total. The van der Waals surface area contributed by atoms with Crippen LogP contribution < -0.4 is 0 Å². The van der Waals surface area contributed by atoms with Gasteiger partial charge in [0.2, 0.25) is 5.91 Å². The molecule has 0 aromatic carbocycles. The van der Waals surface area contributed by atoms with Crippen LogP contribution in [0.4, 0.5) is 0 Å². The molecule has 0 fully saturated rings. The van der Waals surface area contributed by atoms with E-state index in [0.29, 0.717) is 5.57 Å². The first-order valence-corrected chi connectivity index (χ1v) is 5.16. The standard InChI is InChI=1S/C8H14NO4P/c1-7(8(10)9(2)3)5-4-6-13-14(11)12/h4-6,14H,1-3H3,(H,11,12)/b6-4+,7-5-. The summed E-state index contributed by atoms with van der Waals surface area (Å²) in [5.41, 5.74) is 0.521. The Hall–Kier alpha value is -1.06. The van der Waals surface area contributed by atoms with E-state index < -0.39 is 8.25 Å². The zero-order valence-corrected chi connectivity index (χ0v) is 9.35. The van der Waals surface area contributed by atoms with Gasteiger partial charge < -0.3 is 14.3 Å². The van der Waals surface area contributed by atoms with Crippen LogP contribution in [0.1, 0.15) is 6.92 Å². The van der Waals surface area contributed by atoms with Crippen molar-refractivity contribution >= 4 is 14.2 Å². The van der Waals surface area contributed by atoms with Crippen molar-refractivity contribution in [2.24, 2.45) is 0 Å². The van der Waals surface area contributed by atoms with Gasteiger partial charge >= 0.3 is 8.25 Å². The van der Waals surface area contributed by atoms with Gasteiger partial charge in [-0.25, -0.2) is 4.57 Å². The Morgan fingerprint density at radius 1 is 1.50 bits per heavy atom. The number of nitrogens with zero attached hydrogens (tertiary/aromatic N) is 1. The smallest absolute Gasteiger partial charge is 0.364 e. The summed E-state index contributed by atoms with van der Waals surface area (Å²) in [4.78, 5) is 21.0. The molecule has 0 aliphatic rings. The summed E-state index contributed by atoms with van der Waals surface area (Å²) < 4.78 is 14.4.